The summed E-state index contributed by atoms with van der Waals surface area (Å²) in [7, 11) is 0. The molecule has 0 radical (unpaired) electrons. The van der Waals surface area contributed by atoms with Crippen molar-refractivity contribution >= 4 is 5.97 Å². The first-order chi connectivity index (χ1) is 6.97. The SMILES string of the molecule is CCOC(=O)C(C)(N)Cn1nccc1C. The van der Waals surface area contributed by atoms with Gasteiger partial charge in [-0.3, -0.25) is 4.68 Å². The van der Waals surface area contributed by atoms with Crippen LogP contribution in [-0.2, 0) is 16.1 Å². The average molecular weight is 211 g/mol. The van der Waals surface area contributed by atoms with E-state index >= 15 is 0 Å². The topological polar surface area (TPSA) is 70.1 Å². The molecule has 1 atom stereocenters. The molecule has 0 bridgehead atoms. The first-order valence-electron chi connectivity index (χ1n) is 4.92. The van der Waals surface area contributed by atoms with Crippen LogP contribution in [0.15, 0.2) is 12.3 Å². The van der Waals surface area contributed by atoms with Crippen LogP contribution in [0.4, 0.5) is 0 Å². The number of esters is 1. The third-order valence-corrected chi connectivity index (χ3v) is 2.15. The van der Waals surface area contributed by atoms with Gasteiger partial charge in [0.05, 0.1) is 13.2 Å². The highest BCUT2D eigenvalue weighted by Gasteiger charge is 2.31. The molecule has 15 heavy (non-hydrogen) atoms. The lowest BCUT2D eigenvalue weighted by Crippen LogP contribution is -2.50. The summed E-state index contributed by atoms with van der Waals surface area (Å²) in [6.45, 7) is 5.97. The lowest BCUT2D eigenvalue weighted by molar-refractivity contribution is -0.149. The quantitative estimate of drug-likeness (QED) is 0.735. The van der Waals surface area contributed by atoms with Gasteiger partial charge < -0.3 is 10.5 Å². The number of nitrogens with two attached hydrogens (primary N) is 1. The van der Waals surface area contributed by atoms with E-state index in [-0.39, 0.29) is 0 Å². The van der Waals surface area contributed by atoms with Crippen molar-refractivity contribution in [2.24, 2.45) is 5.73 Å². The van der Waals surface area contributed by atoms with E-state index in [1.165, 1.54) is 0 Å². The Morgan fingerprint density at radius 2 is 2.40 bits per heavy atom. The van der Waals surface area contributed by atoms with Crippen molar-refractivity contribution < 1.29 is 9.53 Å². The van der Waals surface area contributed by atoms with Gasteiger partial charge in [0, 0.05) is 11.9 Å². The van der Waals surface area contributed by atoms with Crippen LogP contribution in [0, 0.1) is 6.92 Å². The summed E-state index contributed by atoms with van der Waals surface area (Å²) in [6, 6.07) is 1.86. The van der Waals surface area contributed by atoms with Crippen LogP contribution in [-0.4, -0.2) is 27.9 Å². The van der Waals surface area contributed by atoms with Gasteiger partial charge in [-0.15, -0.1) is 0 Å². The summed E-state index contributed by atoms with van der Waals surface area (Å²) in [6.07, 6.45) is 1.68. The van der Waals surface area contributed by atoms with E-state index in [4.69, 9.17) is 10.5 Å². The highest BCUT2D eigenvalue weighted by molar-refractivity contribution is 5.79. The van der Waals surface area contributed by atoms with Crippen molar-refractivity contribution in [1.29, 1.82) is 0 Å². The minimum absolute atomic E-state index is 0.324. The highest BCUT2D eigenvalue weighted by atomic mass is 16.5. The molecule has 5 heteroatoms. The van der Waals surface area contributed by atoms with Crippen molar-refractivity contribution in [2.75, 3.05) is 6.61 Å². The Balaban J connectivity index is 2.72. The minimum atomic E-state index is -1.03. The fourth-order valence-corrected chi connectivity index (χ4v) is 1.24. The molecule has 0 saturated carbocycles. The summed E-state index contributed by atoms with van der Waals surface area (Å²) in [5.74, 6) is -0.403. The Labute approximate surface area is 89.2 Å². The average Bonchev–Trinajstić information content (AvgIpc) is 2.52. The van der Waals surface area contributed by atoms with E-state index in [0.29, 0.717) is 13.2 Å². The Hall–Kier alpha value is -1.36. The summed E-state index contributed by atoms with van der Waals surface area (Å²) < 4.78 is 6.58. The van der Waals surface area contributed by atoms with E-state index in [0.717, 1.165) is 5.69 Å². The summed E-state index contributed by atoms with van der Waals surface area (Å²) in [5.41, 5.74) is 5.80. The molecule has 1 heterocycles. The van der Waals surface area contributed by atoms with Gasteiger partial charge >= 0.3 is 5.97 Å². The van der Waals surface area contributed by atoms with Crippen molar-refractivity contribution in [3.8, 4) is 0 Å². The number of hydrogen-bond acceptors (Lipinski definition) is 4. The normalized spacial score (nSPS) is 14.7. The number of hydrogen-bond donors (Lipinski definition) is 1. The van der Waals surface area contributed by atoms with Gasteiger partial charge in [0.1, 0.15) is 5.54 Å². The van der Waals surface area contributed by atoms with E-state index in [9.17, 15) is 4.79 Å². The zero-order chi connectivity index (χ0) is 11.5. The molecule has 0 aromatic carbocycles. The lowest BCUT2D eigenvalue weighted by atomic mass is 10.1. The molecule has 1 aromatic rings. The minimum Gasteiger partial charge on any atom is -0.465 e. The monoisotopic (exact) mass is 211 g/mol. The van der Waals surface area contributed by atoms with Crippen LogP contribution in [0.5, 0.6) is 0 Å². The Bertz CT molecular complexity index is 344. The van der Waals surface area contributed by atoms with Gasteiger partial charge in [-0.1, -0.05) is 0 Å². The maximum atomic E-state index is 11.5. The Morgan fingerprint density at radius 3 is 2.87 bits per heavy atom. The van der Waals surface area contributed by atoms with Crippen LogP contribution in [0.3, 0.4) is 0 Å². The molecule has 5 nitrogen and oxygen atoms in total. The zero-order valence-electron chi connectivity index (χ0n) is 9.36. The van der Waals surface area contributed by atoms with Crippen molar-refractivity contribution in [2.45, 2.75) is 32.9 Å². The number of carbonyl (C=O) groups is 1. The molecular weight excluding hydrogens is 194 g/mol. The van der Waals surface area contributed by atoms with E-state index in [1.807, 2.05) is 13.0 Å². The first kappa shape index (κ1) is 11.7. The van der Waals surface area contributed by atoms with Crippen molar-refractivity contribution in [3.05, 3.63) is 18.0 Å². The van der Waals surface area contributed by atoms with Crippen LogP contribution in [0.25, 0.3) is 0 Å². The molecule has 2 N–H and O–H groups in total. The fraction of sp³-hybridized carbons (Fsp3) is 0.600. The van der Waals surface area contributed by atoms with Crippen LogP contribution >= 0.6 is 0 Å². The van der Waals surface area contributed by atoms with Gasteiger partial charge in [-0.2, -0.15) is 5.10 Å². The predicted octanol–water partition coefficient (Wildman–Crippen LogP) is 0.472. The molecule has 0 amide bonds. The van der Waals surface area contributed by atoms with Crippen LogP contribution in [0.1, 0.15) is 19.5 Å². The Kier molecular flexibility index (Phi) is 3.47. The van der Waals surface area contributed by atoms with Gasteiger partial charge in [0.25, 0.3) is 0 Å². The molecule has 0 spiro atoms. The maximum absolute atomic E-state index is 11.5. The summed E-state index contributed by atoms with van der Waals surface area (Å²) in [4.78, 5) is 11.5. The maximum Gasteiger partial charge on any atom is 0.327 e. The molecule has 0 saturated heterocycles. The zero-order valence-corrected chi connectivity index (χ0v) is 9.36. The summed E-state index contributed by atoms with van der Waals surface area (Å²) in [5, 5.41) is 4.07. The molecule has 1 aromatic heterocycles. The predicted molar refractivity (Wildman–Crippen MR) is 56.2 cm³/mol. The second-order valence-corrected chi connectivity index (χ2v) is 3.77. The molecule has 84 valence electrons. The molecular formula is C10H17N3O2. The van der Waals surface area contributed by atoms with Crippen LogP contribution in [0.2, 0.25) is 0 Å². The van der Waals surface area contributed by atoms with Gasteiger partial charge in [0.15, 0.2) is 0 Å². The molecule has 0 aliphatic carbocycles. The van der Waals surface area contributed by atoms with E-state index < -0.39 is 11.5 Å². The number of ether oxygens (including phenoxy) is 1. The standard InChI is InChI=1S/C10H17N3O2/c1-4-15-9(14)10(3,11)7-13-8(2)5-6-12-13/h5-6H,4,7,11H2,1-3H3. The second-order valence-electron chi connectivity index (χ2n) is 3.77. The van der Waals surface area contributed by atoms with Gasteiger partial charge in [-0.05, 0) is 26.8 Å². The van der Waals surface area contributed by atoms with Crippen molar-refractivity contribution in [3.63, 3.8) is 0 Å². The fourth-order valence-electron chi connectivity index (χ4n) is 1.24. The molecule has 0 aliphatic rings. The molecule has 0 aliphatic heterocycles. The second kappa shape index (κ2) is 4.44. The Morgan fingerprint density at radius 1 is 1.73 bits per heavy atom. The lowest BCUT2D eigenvalue weighted by Gasteiger charge is -2.22. The van der Waals surface area contributed by atoms with Crippen LogP contribution < -0.4 is 5.73 Å². The third-order valence-electron chi connectivity index (χ3n) is 2.15. The third kappa shape index (κ3) is 2.79. The van der Waals surface area contributed by atoms with Gasteiger partial charge in [0.2, 0.25) is 0 Å². The molecule has 1 unspecified atom stereocenters. The molecule has 0 fully saturated rings. The molecule has 1 rings (SSSR count). The number of aryl methyl sites for hydroxylation is 1. The van der Waals surface area contributed by atoms with E-state index in [2.05, 4.69) is 5.10 Å². The number of nitrogens with zero attached hydrogens (tertiary/aromatic N) is 2. The number of aromatic nitrogens is 2. The van der Waals surface area contributed by atoms with Crippen molar-refractivity contribution in [1.82, 2.24) is 9.78 Å². The largest absolute Gasteiger partial charge is 0.465 e. The van der Waals surface area contributed by atoms with E-state index in [1.54, 1.807) is 24.7 Å². The van der Waals surface area contributed by atoms with Gasteiger partial charge in [-0.25, -0.2) is 4.79 Å². The number of carbonyl (C=O) groups excluding carboxylic acids is 1. The summed E-state index contributed by atoms with van der Waals surface area (Å²) >= 11 is 0. The highest BCUT2D eigenvalue weighted by Crippen LogP contribution is 2.08. The number of rotatable bonds is 4. The smallest absolute Gasteiger partial charge is 0.327 e. The first-order valence-corrected chi connectivity index (χ1v) is 4.92.